The molecule has 0 saturated carbocycles. The van der Waals surface area contributed by atoms with Crippen LogP contribution in [0.4, 0.5) is 0 Å². The molecule has 13 nitrogen and oxygen atoms in total. The highest BCUT2D eigenvalue weighted by Gasteiger charge is 2.56. The second-order valence-electron chi connectivity index (χ2n) is 15.9. The highest BCUT2D eigenvalue weighted by Crippen LogP contribution is 2.51. The minimum Gasteiger partial charge on any atom is -0.466 e. The predicted octanol–water partition coefficient (Wildman–Crippen LogP) is 3.41. The van der Waals surface area contributed by atoms with E-state index in [1.54, 1.807) is 32.9 Å². The van der Waals surface area contributed by atoms with Crippen LogP contribution in [-0.2, 0) is 42.8 Å². The van der Waals surface area contributed by atoms with E-state index in [2.05, 4.69) is 0 Å². The maximum Gasteiger partial charge on any atom is 0.330 e. The SMILES string of the molecule is COC(=O)/C=C1/C[C@H]2C[C@]3(O)O[C@H](C[C@@H](O)CC(=O)O[C@@H](CO)C[C@@H]4C/C(=C\C(=O)OC)[C@H](C)[C@@](O)(O4)C(C)(C)/C=C/[C@@H](C1)O2)C[C@H](C)C3(C)C. The molecule has 0 radical (unpaired) electrons. The molecule has 10 atom stereocenters. The molecule has 0 aromatic carbocycles. The van der Waals surface area contributed by atoms with Gasteiger partial charge in [-0.2, -0.15) is 0 Å². The van der Waals surface area contributed by atoms with Crippen molar-refractivity contribution < 1.29 is 63.2 Å². The van der Waals surface area contributed by atoms with Gasteiger partial charge < -0.3 is 48.8 Å². The summed E-state index contributed by atoms with van der Waals surface area (Å²) in [7, 11) is 2.56. The standard InChI is InChI=1S/C38H58O13/c1-22-11-28-17-26(40)18-34(43)49-31(21-39)19-29-15-25(16-33(42)47-8)23(2)38(45,51-29)35(3,4)10-9-27-12-24(14-32(41)46-7)13-30(48-27)20-37(44,50-28)36(22,5)6/h9-10,14,16,22-23,26-31,39-40,44-45H,11-13,15,17-21H2,1-8H3/b10-9+,24-14+,25-16+/t22-,23-,26+,27-,28-,29-,30-,31+,37-,38+/m0/s1. The van der Waals surface area contributed by atoms with Gasteiger partial charge in [-0.05, 0) is 31.6 Å². The molecule has 6 bridgehead atoms. The van der Waals surface area contributed by atoms with Crippen LogP contribution in [0.1, 0.15) is 92.9 Å². The van der Waals surface area contributed by atoms with Crippen LogP contribution in [0.3, 0.4) is 0 Å². The summed E-state index contributed by atoms with van der Waals surface area (Å²) < 4.78 is 34.7. The summed E-state index contributed by atoms with van der Waals surface area (Å²) >= 11 is 0. The summed E-state index contributed by atoms with van der Waals surface area (Å²) in [6.45, 7) is 10.6. The molecule has 4 N–H and O–H groups in total. The second kappa shape index (κ2) is 16.2. The van der Waals surface area contributed by atoms with Gasteiger partial charge in [0.2, 0.25) is 0 Å². The highest BCUT2D eigenvalue weighted by molar-refractivity contribution is 5.83. The Bertz CT molecular complexity index is 1370. The summed E-state index contributed by atoms with van der Waals surface area (Å²) in [5, 5.41) is 45.8. The van der Waals surface area contributed by atoms with Gasteiger partial charge in [-0.25, -0.2) is 9.59 Å². The van der Waals surface area contributed by atoms with E-state index in [0.29, 0.717) is 24.8 Å². The molecule has 13 heteroatoms. The molecule has 0 unspecified atom stereocenters. The average molecular weight is 723 g/mol. The lowest BCUT2D eigenvalue weighted by Gasteiger charge is -2.54. The Labute approximate surface area is 300 Å². The van der Waals surface area contributed by atoms with Crippen LogP contribution in [0.15, 0.2) is 35.5 Å². The Balaban J connectivity index is 1.79. The number of ether oxygens (including phenoxy) is 6. The number of rotatable bonds is 3. The van der Waals surface area contributed by atoms with Crippen molar-refractivity contribution in [3.63, 3.8) is 0 Å². The molecule has 0 aromatic rings. The summed E-state index contributed by atoms with van der Waals surface area (Å²) in [6, 6.07) is 0. The molecule has 3 saturated heterocycles. The molecular weight excluding hydrogens is 664 g/mol. The number of carbonyl (C=O) groups excluding carboxylic acids is 3. The van der Waals surface area contributed by atoms with Gasteiger partial charge in [0.15, 0.2) is 11.6 Å². The van der Waals surface area contributed by atoms with Crippen molar-refractivity contribution in [2.45, 2.75) is 141 Å². The van der Waals surface area contributed by atoms with Gasteiger partial charge in [0.1, 0.15) is 6.10 Å². The first kappa shape index (κ1) is 41.1. The maximum absolute atomic E-state index is 13.0. The number of aliphatic hydroxyl groups excluding tert-OH is 2. The van der Waals surface area contributed by atoms with Gasteiger partial charge in [-0.1, -0.05) is 64.8 Å². The Morgan fingerprint density at radius 2 is 1.57 bits per heavy atom. The number of hydrogen-bond donors (Lipinski definition) is 4. The molecule has 0 aromatic heterocycles. The molecule has 4 aliphatic rings. The maximum atomic E-state index is 13.0. The second-order valence-corrected chi connectivity index (χ2v) is 15.9. The topological polar surface area (TPSA) is 188 Å². The van der Waals surface area contributed by atoms with E-state index in [1.807, 2.05) is 20.8 Å². The number of methoxy groups -OCH3 is 2. The first-order chi connectivity index (χ1) is 23.7. The van der Waals surface area contributed by atoms with Crippen molar-refractivity contribution >= 4 is 17.9 Å². The van der Waals surface area contributed by atoms with Gasteiger partial charge in [0.05, 0.1) is 57.8 Å². The normalized spacial score (nSPS) is 41.2. The molecule has 3 fully saturated rings. The number of hydrogen-bond acceptors (Lipinski definition) is 13. The quantitative estimate of drug-likeness (QED) is 0.144. The lowest BCUT2D eigenvalue weighted by atomic mass is 9.66. The van der Waals surface area contributed by atoms with E-state index in [1.165, 1.54) is 26.4 Å². The number of aliphatic hydroxyl groups is 4. The summed E-state index contributed by atoms with van der Waals surface area (Å²) in [6.07, 6.45) is 2.75. The van der Waals surface area contributed by atoms with E-state index in [9.17, 15) is 34.8 Å². The fourth-order valence-electron chi connectivity index (χ4n) is 7.93. The average Bonchev–Trinajstić information content (AvgIpc) is 3.04. The zero-order chi connectivity index (χ0) is 37.9. The minimum absolute atomic E-state index is 0.00780. The zero-order valence-electron chi connectivity index (χ0n) is 31.3. The van der Waals surface area contributed by atoms with E-state index >= 15 is 0 Å². The number of cyclic esters (lactones) is 1. The largest absolute Gasteiger partial charge is 0.466 e. The van der Waals surface area contributed by atoms with Crippen molar-refractivity contribution in [2.75, 3.05) is 20.8 Å². The smallest absolute Gasteiger partial charge is 0.330 e. The molecule has 0 spiro atoms. The van der Waals surface area contributed by atoms with E-state index in [4.69, 9.17) is 28.4 Å². The number of esters is 3. The van der Waals surface area contributed by atoms with Crippen LogP contribution in [0, 0.1) is 22.7 Å². The zero-order valence-corrected chi connectivity index (χ0v) is 31.3. The van der Waals surface area contributed by atoms with Gasteiger partial charge in [-0.3, -0.25) is 4.79 Å². The van der Waals surface area contributed by atoms with Crippen molar-refractivity contribution in [1.82, 2.24) is 0 Å². The lowest BCUT2D eigenvalue weighted by Crippen LogP contribution is -2.59. The molecular formula is C38H58O13. The van der Waals surface area contributed by atoms with E-state index in [0.717, 1.165) is 5.57 Å². The fraction of sp³-hybridized carbons (Fsp3) is 0.763. The Hall–Kier alpha value is -2.65. The lowest BCUT2D eigenvalue weighted by molar-refractivity contribution is -0.339. The first-order valence-corrected chi connectivity index (χ1v) is 17.9. The van der Waals surface area contributed by atoms with Crippen molar-refractivity contribution in [3.05, 3.63) is 35.5 Å². The summed E-state index contributed by atoms with van der Waals surface area (Å²) in [5.41, 5.74) is -0.545. The van der Waals surface area contributed by atoms with Crippen molar-refractivity contribution in [3.8, 4) is 0 Å². The summed E-state index contributed by atoms with van der Waals surface area (Å²) in [4.78, 5) is 37.8. The van der Waals surface area contributed by atoms with E-state index in [-0.39, 0.29) is 38.0 Å². The fourth-order valence-corrected chi connectivity index (χ4v) is 7.93. The van der Waals surface area contributed by atoms with Crippen LogP contribution < -0.4 is 0 Å². The van der Waals surface area contributed by atoms with Crippen LogP contribution >= 0.6 is 0 Å². The Morgan fingerprint density at radius 1 is 0.902 bits per heavy atom. The molecule has 4 heterocycles. The minimum atomic E-state index is -1.90. The first-order valence-electron chi connectivity index (χ1n) is 17.9. The van der Waals surface area contributed by atoms with Gasteiger partial charge >= 0.3 is 17.9 Å². The van der Waals surface area contributed by atoms with Gasteiger partial charge in [-0.15, -0.1) is 0 Å². The summed E-state index contributed by atoms with van der Waals surface area (Å²) in [5.74, 6) is -6.18. The molecule has 4 aliphatic heterocycles. The van der Waals surface area contributed by atoms with Crippen LogP contribution in [0.2, 0.25) is 0 Å². The number of carbonyl (C=O) groups is 3. The van der Waals surface area contributed by atoms with Crippen LogP contribution in [-0.4, -0.2) is 107 Å². The number of fused-ring (bicyclic) bond motifs is 6. The van der Waals surface area contributed by atoms with Gasteiger partial charge in [0.25, 0.3) is 0 Å². The molecule has 4 rings (SSSR count). The third-order valence-corrected chi connectivity index (χ3v) is 11.6. The molecule has 0 aliphatic carbocycles. The van der Waals surface area contributed by atoms with Gasteiger partial charge in [0, 0.05) is 48.2 Å². The van der Waals surface area contributed by atoms with E-state index < -0.39 is 89.5 Å². The molecule has 0 amide bonds. The van der Waals surface area contributed by atoms with Crippen molar-refractivity contribution in [2.24, 2.45) is 22.7 Å². The highest BCUT2D eigenvalue weighted by atomic mass is 16.6. The molecule has 288 valence electrons. The van der Waals surface area contributed by atoms with Crippen molar-refractivity contribution in [1.29, 1.82) is 0 Å². The Morgan fingerprint density at radius 3 is 2.22 bits per heavy atom. The van der Waals surface area contributed by atoms with Crippen LogP contribution in [0.25, 0.3) is 0 Å². The third-order valence-electron chi connectivity index (χ3n) is 11.6. The van der Waals surface area contributed by atoms with Crippen LogP contribution in [0.5, 0.6) is 0 Å². The predicted molar refractivity (Wildman–Crippen MR) is 183 cm³/mol. The molecule has 51 heavy (non-hydrogen) atoms. The monoisotopic (exact) mass is 722 g/mol. The third kappa shape index (κ3) is 9.30. The Kier molecular flexibility index (Phi) is 13.0.